The zero-order chi connectivity index (χ0) is 8.08. The predicted octanol–water partition coefficient (Wildman–Crippen LogP) is -4.73. The minimum Gasteiger partial charge on any atom is -0.726 e. The van der Waals surface area contributed by atoms with Crippen molar-refractivity contribution in [2.75, 3.05) is 0 Å². The molecule has 0 heterocycles. The van der Waals surface area contributed by atoms with Crippen LogP contribution in [0.2, 0.25) is 0 Å². The molecule has 0 radical (unpaired) electrons. The van der Waals surface area contributed by atoms with Crippen molar-refractivity contribution in [1.29, 1.82) is 0 Å². The van der Waals surface area contributed by atoms with Crippen molar-refractivity contribution < 1.29 is 62.1 Å². The van der Waals surface area contributed by atoms with Crippen molar-refractivity contribution in [3.63, 3.8) is 0 Å². The van der Waals surface area contributed by atoms with Crippen molar-refractivity contribution in [3.05, 3.63) is 0 Å². The minimum atomic E-state index is -4.92. The Morgan fingerprint density at radius 2 is 1.36 bits per heavy atom. The Morgan fingerprint density at radius 1 is 1.36 bits per heavy atom. The Kier molecular flexibility index (Phi) is 20.6. The maximum absolute atomic E-state index is 8.63. The van der Waals surface area contributed by atoms with Crippen molar-refractivity contribution in [2.45, 2.75) is 0 Å². The summed E-state index contributed by atoms with van der Waals surface area (Å²) in [6.07, 6.45) is -2.08. The molecule has 64 valence electrons. The molecule has 0 atom stereocenters. The van der Waals surface area contributed by atoms with Crippen LogP contribution in [-0.4, -0.2) is 28.8 Å². The monoisotopic (exact) mass is 199 g/mol. The zero-order valence-electron chi connectivity index (χ0n) is 5.84. The van der Waals surface area contributed by atoms with Crippen LogP contribution in [0, 0.1) is 0 Å². The topological polar surface area (TPSA) is 174 Å². The number of hydrogen-bond acceptors (Lipinski definition) is 5. The number of rotatable bonds is 0. The molecule has 0 aromatic heterocycles. The van der Waals surface area contributed by atoms with Crippen LogP contribution in [0.25, 0.3) is 0 Å². The first-order valence-corrected chi connectivity index (χ1v) is 2.68. The summed E-state index contributed by atoms with van der Waals surface area (Å²) in [6.45, 7) is 0. The summed E-state index contributed by atoms with van der Waals surface area (Å²) in [5, 5.41) is 15.3. The van der Waals surface area contributed by atoms with Gasteiger partial charge in [0, 0.05) is 0 Å². The molecule has 6 N–H and O–H groups in total. The molecule has 0 spiro atoms. The summed E-state index contributed by atoms with van der Waals surface area (Å²) in [4.78, 5) is 8.44. The number of hydrogen-bond donors (Lipinski definition) is 3. The molecule has 0 aliphatic carbocycles. The fourth-order valence-electron chi connectivity index (χ4n) is 0. The maximum atomic E-state index is 8.63. The second-order valence-electron chi connectivity index (χ2n) is 0.694. The third kappa shape index (κ3) is 66300. The molecule has 0 saturated carbocycles. The minimum absolute atomic E-state index is 0. The molecular formula is CH6NNaO7S. The number of quaternary nitrogens is 1. The predicted molar refractivity (Wildman–Crippen MR) is 26.3 cm³/mol. The van der Waals surface area contributed by atoms with Crippen LogP contribution in [0.15, 0.2) is 0 Å². The summed E-state index contributed by atoms with van der Waals surface area (Å²) >= 11 is 0. The molecule has 0 amide bonds. The molecule has 0 saturated heterocycles. The van der Waals surface area contributed by atoms with E-state index in [-0.39, 0.29) is 35.7 Å². The first-order chi connectivity index (χ1) is 3.73. The molecule has 0 aromatic carbocycles. The van der Waals surface area contributed by atoms with Gasteiger partial charge in [-0.1, -0.05) is 0 Å². The fraction of sp³-hybridized carbons (Fsp3) is 0. The van der Waals surface area contributed by atoms with E-state index < -0.39 is 16.6 Å². The molecule has 0 rings (SSSR count). The van der Waals surface area contributed by atoms with E-state index >= 15 is 0 Å². The van der Waals surface area contributed by atoms with Gasteiger partial charge in [-0.25, -0.2) is 8.42 Å². The van der Waals surface area contributed by atoms with Gasteiger partial charge in [0.05, 0.1) is 0 Å². The third-order valence-electron chi connectivity index (χ3n) is 0. The van der Waals surface area contributed by atoms with Gasteiger partial charge < -0.3 is 25.7 Å². The van der Waals surface area contributed by atoms with E-state index in [0.717, 1.165) is 0 Å². The van der Waals surface area contributed by atoms with E-state index in [9.17, 15) is 0 Å². The van der Waals surface area contributed by atoms with Crippen molar-refractivity contribution >= 4 is 16.6 Å². The van der Waals surface area contributed by atoms with Gasteiger partial charge in [-0.05, 0) is 0 Å². The Balaban J connectivity index is -0.0000000383. The first-order valence-electron chi connectivity index (χ1n) is 1.31. The largest absolute Gasteiger partial charge is 1.00 e. The van der Waals surface area contributed by atoms with Crippen LogP contribution in [-0.2, 0) is 10.4 Å². The maximum Gasteiger partial charge on any atom is 1.00 e. The van der Waals surface area contributed by atoms with Crippen molar-refractivity contribution in [2.24, 2.45) is 0 Å². The second-order valence-corrected chi connectivity index (χ2v) is 1.55. The molecule has 0 aliphatic heterocycles. The summed E-state index contributed by atoms with van der Waals surface area (Å²) < 4.78 is 32.8. The number of carbonyl (C=O) groups is 1. The van der Waals surface area contributed by atoms with Crippen LogP contribution >= 0.6 is 0 Å². The SMILES string of the molecule is O=C([O-])O.O=S(=O)([O-])O.[NH4+].[Na+]. The Bertz CT molecular complexity index is 161. The van der Waals surface area contributed by atoms with Gasteiger partial charge in [-0.3, -0.25) is 4.55 Å². The summed E-state index contributed by atoms with van der Waals surface area (Å²) in [5.41, 5.74) is 0. The van der Waals surface area contributed by atoms with Gasteiger partial charge in [0.15, 0.2) is 0 Å². The van der Waals surface area contributed by atoms with E-state index in [1.165, 1.54) is 0 Å². The normalized spacial score (nSPS) is 7.45. The van der Waals surface area contributed by atoms with Gasteiger partial charge in [-0.15, -0.1) is 0 Å². The van der Waals surface area contributed by atoms with Gasteiger partial charge >= 0.3 is 29.6 Å². The Labute approximate surface area is 84.7 Å². The standard InChI is InChI=1S/CH2O3.H3N.Na.H2O4S/c2-1(3)4;;;1-5(2,3)4/h(H2,2,3,4);1H3;;(H2,1,2,3,4)/q;;+1;/p-1. The molecule has 8 nitrogen and oxygen atoms in total. The average Bonchev–Trinajstić information content (AvgIpc) is 1.19. The zero-order valence-corrected chi connectivity index (χ0v) is 8.66. The molecular weight excluding hydrogens is 193 g/mol. The van der Waals surface area contributed by atoms with Crippen LogP contribution < -0.4 is 40.8 Å². The summed E-state index contributed by atoms with van der Waals surface area (Å²) in [6, 6.07) is 0. The fourth-order valence-corrected chi connectivity index (χ4v) is 0. The Hall–Kier alpha value is 0.1000. The molecule has 0 bridgehead atoms. The van der Waals surface area contributed by atoms with E-state index in [1.807, 2.05) is 0 Å². The van der Waals surface area contributed by atoms with Gasteiger partial charge in [0.1, 0.15) is 0 Å². The molecule has 0 aliphatic rings. The van der Waals surface area contributed by atoms with Crippen molar-refractivity contribution in [1.82, 2.24) is 6.15 Å². The van der Waals surface area contributed by atoms with Crippen molar-refractivity contribution in [3.8, 4) is 0 Å². The van der Waals surface area contributed by atoms with Crippen LogP contribution in [0.4, 0.5) is 4.79 Å². The third-order valence-corrected chi connectivity index (χ3v) is 0. The summed E-state index contributed by atoms with van der Waals surface area (Å²) in [7, 11) is -4.92. The molecule has 10 heteroatoms. The van der Waals surface area contributed by atoms with Gasteiger partial charge in [0.2, 0.25) is 16.6 Å². The molecule has 0 unspecified atom stereocenters. The average molecular weight is 199 g/mol. The van der Waals surface area contributed by atoms with Crippen LogP contribution in [0.3, 0.4) is 0 Å². The molecule has 11 heavy (non-hydrogen) atoms. The Morgan fingerprint density at radius 3 is 1.36 bits per heavy atom. The molecule has 0 fully saturated rings. The van der Waals surface area contributed by atoms with E-state index in [4.69, 9.17) is 32.5 Å². The first kappa shape index (κ1) is 22.5. The summed E-state index contributed by atoms with van der Waals surface area (Å²) in [5.74, 6) is 0. The molecule has 0 aromatic rings. The second kappa shape index (κ2) is 10.1. The van der Waals surface area contributed by atoms with E-state index in [1.54, 1.807) is 0 Å². The number of carboxylic acid groups (broad SMARTS) is 2. The van der Waals surface area contributed by atoms with Gasteiger partial charge in [-0.2, -0.15) is 0 Å². The van der Waals surface area contributed by atoms with Crippen LogP contribution in [0.1, 0.15) is 0 Å². The van der Waals surface area contributed by atoms with Gasteiger partial charge in [0.25, 0.3) is 0 Å². The van der Waals surface area contributed by atoms with Crippen LogP contribution in [0.5, 0.6) is 0 Å². The van der Waals surface area contributed by atoms with E-state index in [2.05, 4.69) is 0 Å². The quantitative estimate of drug-likeness (QED) is 0.199. The smallest absolute Gasteiger partial charge is 0.726 e. The van der Waals surface area contributed by atoms with E-state index in [0.29, 0.717) is 0 Å².